The molecule has 92 valence electrons. The lowest BCUT2D eigenvalue weighted by molar-refractivity contribution is -0.137. The Morgan fingerprint density at radius 1 is 1.47 bits per heavy atom. The summed E-state index contributed by atoms with van der Waals surface area (Å²) in [6, 6.07) is 0.803. The number of phenolic OH excluding ortho intramolecular Hbond substituents is 2. The van der Waals surface area contributed by atoms with E-state index in [9.17, 15) is 19.4 Å². The molecule has 1 fully saturated rings. The molecule has 0 heterocycles. The molecule has 4 nitrogen and oxygen atoms in total. The predicted molar refractivity (Wildman–Crippen MR) is 60.6 cm³/mol. The molecular formula is C11H10BrFO4. The predicted octanol–water partition coefficient (Wildman–Crippen LogP) is 2.51. The van der Waals surface area contributed by atoms with Gasteiger partial charge in [-0.05, 0) is 28.8 Å². The van der Waals surface area contributed by atoms with Crippen molar-refractivity contribution in [3.8, 4) is 11.5 Å². The smallest absolute Gasteiger partial charge is 0.304 e. The van der Waals surface area contributed by atoms with Crippen molar-refractivity contribution in [2.45, 2.75) is 24.7 Å². The van der Waals surface area contributed by atoms with Crippen LogP contribution in [0, 0.1) is 5.82 Å². The summed E-state index contributed by atoms with van der Waals surface area (Å²) >= 11 is 3.00. The van der Waals surface area contributed by atoms with E-state index in [1.807, 2.05) is 0 Å². The fourth-order valence-corrected chi connectivity index (χ4v) is 2.85. The van der Waals surface area contributed by atoms with Crippen LogP contribution in [-0.2, 0) is 10.2 Å². The number of aromatic hydroxyl groups is 2. The first-order valence-corrected chi connectivity index (χ1v) is 5.79. The first-order valence-electron chi connectivity index (χ1n) is 4.99. The van der Waals surface area contributed by atoms with Crippen molar-refractivity contribution in [2.75, 3.05) is 0 Å². The molecule has 2 rings (SSSR count). The molecule has 1 aromatic carbocycles. The number of aliphatic carboxylic acids is 1. The third-order valence-electron chi connectivity index (χ3n) is 3.05. The van der Waals surface area contributed by atoms with E-state index in [-0.39, 0.29) is 16.5 Å². The summed E-state index contributed by atoms with van der Waals surface area (Å²) in [5, 5.41) is 27.6. The number of halogens is 2. The summed E-state index contributed by atoms with van der Waals surface area (Å²) in [5.74, 6) is -2.74. The normalized spacial score (nSPS) is 16.8. The lowest BCUT2D eigenvalue weighted by atomic mass is 9.91. The maximum atomic E-state index is 13.8. The molecule has 1 aromatic rings. The van der Waals surface area contributed by atoms with E-state index in [1.165, 1.54) is 0 Å². The Labute approximate surface area is 105 Å². The number of phenols is 2. The average molecular weight is 305 g/mol. The van der Waals surface area contributed by atoms with Gasteiger partial charge in [0.15, 0.2) is 11.5 Å². The maximum Gasteiger partial charge on any atom is 0.304 e. The second-order valence-electron chi connectivity index (χ2n) is 4.27. The van der Waals surface area contributed by atoms with Gasteiger partial charge in [-0.3, -0.25) is 4.79 Å². The van der Waals surface area contributed by atoms with Gasteiger partial charge < -0.3 is 15.3 Å². The zero-order valence-corrected chi connectivity index (χ0v) is 10.3. The summed E-state index contributed by atoms with van der Waals surface area (Å²) in [6.07, 6.45) is 0.921. The fraction of sp³-hybridized carbons (Fsp3) is 0.364. The highest BCUT2D eigenvalue weighted by Gasteiger charge is 2.49. The number of carboxylic acids is 1. The topological polar surface area (TPSA) is 77.8 Å². The summed E-state index contributed by atoms with van der Waals surface area (Å²) < 4.78 is 13.8. The Kier molecular flexibility index (Phi) is 2.77. The molecule has 3 N–H and O–H groups in total. The third-order valence-corrected chi connectivity index (χ3v) is 3.82. The van der Waals surface area contributed by atoms with Gasteiger partial charge in [0.1, 0.15) is 5.82 Å². The van der Waals surface area contributed by atoms with Crippen LogP contribution in [-0.4, -0.2) is 21.3 Å². The van der Waals surface area contributed by atoms with E-state index in [1.54, 1.807) is 0 Å². The minimum absolute atomic E-state index is 0.0359. The van der Waals surface area contributed by atoms with Crippen LogP contribution < -0.4 is 0 Å². The number of carboxylic acid groups (broad SMARTS) is 1. The highest BCUT2D eigenvalue weighted by atomic mass is 79.9. The van der Waals surface area contributed by atoms with Gasteiger partial charge >= 0.3 is 5.97 Å². The fourth-order valence-electron chi connectivity index (χ4n) is 2.04. The lowest BCUT2D eigenvalue weighted by Crippen LogP contribution is -2.15. The van der Waals surface area contributed by atoms with Crippen LogP contribution in [0.2, 0.25) is 0 Å². The van der Waals surface area contributed by atoms with E-state index in [0.29, 0.717) is 12.8 Å². The number of hydrogen-bond acceptors (Lipinski definition) is 3. The molecule has 6 heteroatoms. The lowest BCUT2D eigenvalue weighted by Gasteiger charge is -2.17. The first kappa shape index (κ1) is 12.2. The number of hydrogen-bond donors (Lipinski definition) is 3. The Hall–Kier alpha value is -1.30. The molecule has 1 aliphatic rings. The minimum atomic E-state index is -1.01. The van der Waals surface area contributed by atoms with Gasteiger partial charge in [-0.1, -0.05) is 0 Å². The number of carbonyl (C=O) groups is 1. The van der Waals surface area contributed by atoms with Gasteiger partial charge in [0.2, 0.25) is 0 Å². The number of benzene rings is 1. The molecule has 1 saturated carbocycles. The Morgan fingerprint density at radius 3 is 2.53 bits per heavy atom. The average Bonchev–Trinajstić information content (AvgIpc) is 2.94. The van der Waals surface area contributed by atoms with E-state index < -0.39 is 28.7 Å². The summed E-state index contributed by atoms with van der Waals surface area (Å²) in [5.41, 5.74) is -0.630. The first-order chi connectivity index (χ1) is 7.87. The highest BCUT2D eigenvalue weighted by molar-refractivity contribution is 9.10. The summed E-state index contributed by atoms with van der Waals surface area (Å²) in [4.78, 5) is 10.8. The molecule has 17 heavy (non-hydrogen) atoms. The zero-order valence-electron chi connectivity index (χ0n) is 8.70. The molecule has 0 aliphatic heterocycles. The Balaban J connectivity index is 2.53. The Bertz CT molecular complexity index is 497. The van der Waals surface area contributed by atoms with E-state index in [4.69, 9.17) is 5.11 Å². The molecule has 1 aliphatic carbocycles. The van der Waals surface area contributed by atoms with Crippen molar-refractivity contribution >= 4 is 21.9 Å². The van der Waals surface area contributed by atoms with Gasteiger partial charge in [0.05, 0.1) is 10.9 Å². The maximum absolute atomic E-state index is 13.8. The van der Waals surface area contributed by atoms with Crippen molar-refractivity contribution in [1.29, 1.82) is 0 Å². The van der Waals surface area contributed by atoms with Gasteiger partial charge in [0.25, 0.3) is 0 Å². The van der Waals surface area contributed by atoms with Crippen molar-refractivity contribution < 1.29 is 24.5 Å². The summed E-state index contributed by atoms with van der Waals surface area (Å²) in [7, 11) is 0. The van der Waals surface area contributed by atoms with Crippen molar-refractivity contribution in [3.05, 3.63) is 21.9 Å². The molecule has 0 atom stereocenters. The van der Waals surface area contributed by atoms with Crippen LogP contribution in [0.1, 0.15) is 24.8 Å². The molecule has 0 aromatic heterocycles. The second kappa shape index (κ2) is 3.87. The monoisotopic (exact) mass is 304 g/mol. The molecule has 0 spiro atoms. The van der Waals surface area contributed by atoms with E-state index in [2.05, 4.69) is 15.9 Å². The molecule has 0 bridgehead atoms. The van der Waals surface area contributed by atoms with Gasteiger partial charge in [0, 0.05) is 17.0 Å². The zero-order chi connectivity index (χ0) is 12.8. The minimum Gasteiger partial charge on any atom is -0.504 e. The third kappa shape index (κ3) is 1.97. The van der Waals surface area contributed by atoms with Crippen LogP contribution in [0.25, 0.3) is 0 Å². The second-order valence-corrected chi connectivity index (χ2v) is 5.06. The highest BCUT2D eigenvalue weighted by Crippen LogP contribution is 2.56. The molecular weight excluding hydrogens is 295 g/mol. The summed E-state index contributed by atoms with van der Waals surface area (Å²) in [6.45, 7) is 0. The Morgan fingerprint density at radius 2 is 2.06 bits per heavy atom. The van der Waals surface area contributed by atoms with E-state index >= 15 is 0 Å². The van der Waals surface area contributed by atoms with Crippen LogP contribution in [0.5, 0.6) is 11.5 Å². The van der Waals surface area contributed by atoms with Crippen LogP contribution in [0.15, 0.2) is 10.5 Å². The van der Waals surface area contributed by atoms with Crippen molar-refractivity contribution in [1.82, 2.24) is 0 Å². The molecule has 0 amide bonds. The SMILES string of the molecule is O=C(O)CC1(c2c(F)cc(O)c(O)c2Br)CC1. The van der Waals surface area contributed by atoms with Crippen molar-refractivity contribution in [2.24, 2.45) is 0 Å². The molecule has 0 radical (unpaired) electrons. The van der Waals surface area contributed by atoms with Gasteiger partial charge in [-0.15, -0.1) is 0 Å². The van der Waals surface area contributed by atoms with E-state index in [0.717, 1.165) is 6.07 Å². The number of rotatable bonds is 3. The van der Waals surface area contributed by atoms with Crippen LogP contribution in [0.3, 0.4) is 0 Å². The largest absolute Gasteiger partial charge is 0.504 e. The van der Waals surface area contributed by atoms with Crippen LogP contribution in [0.4, 0.5) is 4.39 Å². The van der Waals surface area contributed by atoms with Crippen molar-refractivity contribution in [3.63, 3.8) is 0 Å². The van der Waals surface area contributed by atoms with Gasteiger partial charge in [-0.2, -0.15) is 0 Å². The van der Waals surface area contributed by atoms with Crippen LogP contribution >= 0.6 is 15.9 Å². The molecule has 0 saturated heterocycles. The van der Waals surface area contributed by atoms with Gasteiger partial charge in [-0.25, -0.2) is 4.39 Å². The quantitative estimate of drug-likeness (QED) is 0.750. The molecule has 0 unspecified atom stereocenters. The standard InChI is InChI=1S/C11H10BrFO4/c12-9-8(5(13)3-6(14)10(9)17)11(1-2-11)4-7(15)16/h3,14,17H,1-2,4H2,(H,15,16).